The minimum absolute atomic E-state index is 0.0702. The van der Waals surface area contributed by atoms with E-state index in [9.17, 15) is 9.59 Å². The number of aryl methyl sites for hydroxylation is 1. The van der Waals surface area contributed by atoms with Crippen molar-refractivity contribution >= 4 is 29.3 Å². The van der Waals surface area contributed by atoms with Crippen LogP contribution in [0.15, 0.2) is 24.3 Å². The van der Waals surface area contributed by atoms with Gasteiger partial charge < -0.3 is 15.5 Å². The lowest BCUT2D eigenvalue weighted by Gasteiger charge is -2.19. The molecule has 1 heterocycles. The van der Waals surface area contributed by atoms with Crippen molar-refractivity contribution in [1.29, 1.82) is 0 Å². The van der Waals surface area contributed by atoms with Gasteiger partial charge in [-0.3, -0.25) is 9.59 Å². The van der Waals surface area contributed by atoms with Crippen LogP contribution in [0.4, 0.5) is 5.69 Å². The molecule has 0 spiro atoms. The molecule has 1 aromatic carbocycles. The highest BCUT2D eigenvalue weighted by atomic mass is 32.2. The van der Waals surface area contributed by atoms with Crippen molar-refractivity contribution in [3.63, 3.8) is 0 Å². The molecule has 2 rings (SSSR count). The Balaban J connectivity index is 1.67. The van der Waals surface area contributed by atoms with Gasteiger partial charge in [-0.1, -0.05) is 17.7 Å². The second kappa shape index (κ2) is 8.80. The maximum Gasteiger partial charge on any atom is 0.234 e. The molecule has 0 atom stereocenters. The van der Waals surface area contributed by atoms with E-state index in [1.807, 2.05) is 36.1 Å². The van der Waals surface area contributed by atoms with Crippen molar-refractivity contribution in [2.24, 2.45) is 0 Å². The molecule has 1 aliphatic heterocycles. The van der Waals surface area contributed by atoms with Gasteiger partial charge in [0.25, 0.3) is 0 Å². The van der Waals surface area contributed by atoms with Crippen molar-refractivity contribution in [2.75, 3.05) is 43.0 Å². The number of nitrogens with zero attached hydrogens (tertiary/aromatic N) is 1. The smallest absolute Gasteiger partial charge is 0.234 e. The van der Waals surface area contributed by atoms with Gasteiger partial charge in [-0.05, 0) is 32.0 Å². The molecule has 5 nitrogen and oxygen atoms in total. The van der Waals surface area contributed by atoms with Gasteiger partial charge in [0, 0.05) is 25.3 Å². The summed E-state index contributed by atoms with van der Waals surface area (Å²) in [6, 6.07) is 7.68. The minimum Gasteiger partial charge on any atom is -0.341 e. The Hall–Kier alpha value is -1.53. The lowest BCUT2D eigenvalue weighted by atomic mass is 10.2. The third-order valence-electron chi connectivity index (χ3n) is 3.49. The summed E-state index contributed by atoms with van der Waals surface area (Å²) in [5, 5.41) is 6.11. The zero-order chi connectivity index (χ0) is 15.8. The van der Waals surface area contributed by atoms with E-state index in [1.54, 1.807) is 0 Å². The lowest BCUT2D eigenvalue weighted by molar-refractivity contribution is -0.128. The first kappa shape index (κ1) is 16.8. The monoisotopic (exact) mass is 321 g/mol. The van der Waals surface area contributed by atoms with Gasteiger partial charge >= 0.3 is 0 Å². The third kappa shape index (κ3) is 5.69. The molecular weight excluding hydrogens is 298 g/mol. The number of thioether (sulfide) groups is 1. The molecule has 1 aromatic rings. The molecule has 2 N–H and O–H groups in total. The number of rotatable bonds is 5. The highest BCUT2D eigenvalue weighted by molar-refractivity contribution is 8.00. The summed E-state index contributed by atoms with van der Waals surface area (Å²) >= 11 is 1.37. The fourth-order valence-electron chi connectivity index (χ4n) is 2.25. The molecule has 6 heteroatoms. The SMILES string of the molecule is Cc1ccc(NC(=O)CSCC(=O)N2CCCNCC2)cc1. The average molecular weight is 321 g/mol. The van der Waals surface area contributed by atoms with E-state index < -0.39 is 0 Å². The van der Waals surface area contributed by atoms with E-state index in [0.717, 1.165) is 43.9 Å². The van der Waals surface area contributed by atoms with Crippen molar-refractivity contribution in [3.8, 4) is 0 Å². The number of carbonyl (C=O) groups excluding carboxylic acids is 2. The molecule has 0 radical (unpaired) electrons. The van der Waals surface area contributed by atoms with E-state index in [2.05, 4.69) is 10.6 Å². The van der Waals surface area contributed by atoms with Gasteiger partial charge in [0.05, 0.1) is 11.5 Å². The van der Waals surface area contributed by atoms with Crippen molar-refractivity contribution in [2.45, 2.75) is 13.3 Å². The first-order chi connectivity index (χ1) is 10.6. The van der Waals surface area contributed by atoms with Crippen LogP contribution in [0.1, 0.15) is 12.0 Å². The highest BCUT2D eigenvalue weighted by Crippen LogP contribution is 2.10. The van der Waals surface area contributed by atoms with Crippen LogP contribution in [-0.4, -0.2) is 54.4 Å². The van der Waals surface area contributed by atoms with Crippen molar-refractivity contribution in [3.05, 3.63) is 29.8 Å². The normalized spacial score (nSPS) is 15.2. The molecule has 0 aliphatic carbocycles. The molecule has 0 unspecified atom stereocenters. The van der Waals surface area contributed by atoms with E-state index in [-0.39, 0.29) is 11.8 Å². The molecule has 120 valence electrons. The Bertz CT molecular complexity index is 497. The molecule has 22 heavy (non-hydrogen) atoms. The summed E-state index contributed by atoms with van der Waals surface area (Å²) in [6.45, 7) is 5.39. The Morgan fingerprint density at radius 1 is 1.18 bits per heavy atom. The maximum atomic E-state index is 12.1. The van der Waals surface area contributed by atoms with Crippen LogP contribution in [0.5, 0.6) is 0 Å². The molecule has 0 aromatic heterocycles. The van der Waals surface area contributed by atoms with Crippen molar-refractivity contribution < 1.29 is 9.59 Å². The predicted octanol–water partition coefficient (Wildman–Crippen LogP) is 1.49. The quantitative estimate of drug-likeness (QED) is 0.862. The molecular formula is C16H23N3O2S. The summed E-state index contributed by atoms with van der Waals surface area (Å²) in [5.41, 5.74) is 1.95. The molecule has 1 fully saturated rings. The van der Waals surface area contributed by atoms with E-state index in [0.29, 0.717) is 11.5 Å². The molecule has 0 bridgehead atoms. The first-order valence-corrected chi connectivity index (χ1v) is 8.73. The predicted molar refractivity (Wildman–Crippen MR) is 91.2 cm³/mol. The largest absolute Gasteiger partial charge is 0.341 e. The number of hydrogen-bond acceptors (Lipinski definition) is 4. The number of benzene rings is 1. The van der Waals surface area contributed by atoms with Gasteiger partial charge in [-0.25, -0.2) is 0 Å². The van der Waals surface area contributed by atoms with Crippen LogP contribution >= 0.6 is 11.8 Å². The number of carbonyl (C=O) groups is 2. The van der Waals surface area contributed by atoms with Crippen LogP contribution in [-0.2, 0) is 9.59 Å². The zero-order valence-corrected chi connectivity index (χ0v) is 13.7. The number of hydrogen-bond donors (Lipinski definition) is 2. The van der Waals surface area contributed by atoms with Crippen LogP contribution in [0.2, 0.25) is 0 Å². The fraction of sp³-hybridized carbons (Fsp3) is 0.500. The van der Waals surface area contributed by atoms with Crippen LogP contribution in [0.25, 0.3) is 0 Å². The summed E-state index contributed by atoms with van der Waals surface area (Å²) in [5.74, 6) is 0.712. The second-order valence-corrected chi connectivity index (χ2v) is 6.38. The van der Waals surface area contributed by atoms with Crippen LogP contribution in [0.3, 0.4) is 0 Å². The van der Waals surface area contributed by atoms with E-state index in [4.69, 9.17) is 0 Å². The van der Waals surface area contributed by atoms with Gasteiger partial charge in [0.2, 0.25) is 11.8 Å². The fourth-order valence-corrected chi connectivity index (χ4v) is 2.97. The van der Waals surface area contributed by atoms with E-state index in [1.165, 1.54) is 11.8 Å². The Labute approximate surface area is 135 Å². The Morgan fingerprint density at radius 3 is 2.73 bits per heavy atom. The highest BCUT2D eigenvalue weighted by Gasteiger charge is 2.15. The summed E-state index contributed by atoms with van der Waals surface area (Å²) in [6.07, 6.45) is 0.990. The minimum atomic E-state index is -0.0702. The molecule has 0 saturated carbocycles. The van der Waals surface area contributed by atoms with Gasteiger partial charge in [-0.2, -0.15) is 0 Å². The molecule has 1 aliphatic rings. The van der Waals surface area contributed by atoms with Crippen molar-refractivity contribution in [1.82, 2.24) is 10.2 Å². The number of anilines is 1. The van der Waals surface area contributed by atoms with Gasteiger partial charge in [-0.15, -0.1) is 11.8 Å². The zero-order valence-electron chi connectivity index (χ0n) is 12.9. The molecule has 1 saturated heterocycles. The van der Waals surface area contributed by atoms with E-state index >= 15 is 0 Å². The first-order valence-electron chi connectivity index (χ1n) is 7.58. The number of amides is 2. The average Bonchev–Trinajstić information content (AvgIpc) is 2.79. The lowest BCUT2D eigenvalue weighted by Crippen LogP contribution is -2.35. The summed E-state index contributed by atoms with van der Waals surface area (Å²) in [4.78, 5) is 25.8. The maximum absolute atomic E-state index is 12.1. The van der Waals surface area contributed by atoms with Gasteiger partial charge in [0.15, 0.2) is 0 Å². The molecule has 2 amide bonds. The van der Waals surface area contributed by atoms with Gasteiger partial charge in [0.1, 0.15) is 0 Å². The van der Waals surface area contributed by atoms with Crippen LogP contribution < -0.4 is 10.6 Å². The Morgan fingerprint density at radius 2 is 1.95 bits per heavy atom. The van der Waals surface area contributed by atoms with Crippen LogP contribution in [0, 0.1) is 6.92 Å². The standard InChI is InChI=1S/C16H23N3O2S/c1-13-3-5-14(6-4-13)18-15(20)11-22-12-16(21)19-9-2-7-17-8-10-19/h3-6,17H,2,7-12H2,1H3,(H,18,20). The third-order valence-corrected chi connectivity index (χ3v) is 4.40. The number of nitrogens with one attached hydrogen (secondary N) is 2. The summed E-state index contributed by atoms with van der Waals surface area (Å²) in [7, 11) is 0. The topological polar surface area (TPSA) is 61.4 Å². The Kier molecular flexibility index (Phi) is 6.74. The second-order valence-electron chi connectivity index (χ2n) is 5.39. The summed E-state index contributed by atoms with van der Waals surface area (Å²) < 4.78 is 0.